The van der Waals surface area contributed by atoms with Crippen molar-refractivity contribution in [3.8, 4) is 0 Å². The molecule has 2 heterocycles. The van der Waals surface area contributed by atoms with Crippen LogP contribution >= 0.6 is 0 Å². The van der Waals surface area contributed by atoms with E-state index in [1.807, 2.05) is 37.4 Å². The number of carbonyl (C=O) groups is 1. The number of piperidine rings is 1. The summed E-state index contributed by atoms with van der Waals surface area (Å²) in [6.07, 6.45) is -2.98. The number of hydrogen-bond acceptors (Lipinski definition) is 3. The second-order valence-electron chi connectivity index (χ2n) is 7.84. The van der Waals surface area contributed by atoms with Crippen molar-refractivity contribution in [1.29, 1.82) is 0 Å². The number of hydrogen-bond donors (Lipinski definition) is 1. The molecule has 0 aliphatic carbocycles. The maximum atomic E-state index is 14.1. The average molecular weight is 383 g/mol. The molecular formula is C20H28F3N3O. The van der Waals surface area contributed by atoms with E-state index in [2.05, 4.69) is 5.32 Å². The first-order valence-electron chi connectivity index (χ1n) is 9.63. The van der Waals surface area contributed by atoms with Gasteiger partial charge in [0.15, 0.2) is 5.41 Å². The largest absolute Gasteiger partial charge is 0.404 e. The summed E-state index contributed by atoms with van der Waals surface area (Å²) >= 11 is 0. The third kappa shape index (κ3) is 4.29. The lowest BCUT2D eigenvalue weighted by Crippen LogP contribution is -2.56. The van der Waals surface area contributed by atoms with Gasteiger partial charge >= 0.3 is 6.18 Å². The van der Waals surface area contributed by atoms with Crippen LogP contribution in [-0.4, -0.2) is 61.7 Å². The number of nitrogens with one attached hydrogen (secondary N) is 1. The first kappa shape index (κ1) is 20.1. The van der Waals surface area contributed by atoms with Gasteiger partial charge in [-0.15, -0.1) is 0 Å². The predicted molar refractivity (Wildman–Crippen MR) is 98.1 cm³/mol. The predicted octanol–water partition coefficient (Wildman–Crippen LogP) is 2.90. The summed E-state index contributed by atoms with van der Waals surface area (Å²) in [4.78, 5) is 16.3. The molecule has 0 saturated carbocycles. The molecular weight excluding hydrogens is 355 g/mol. The fraction of sp³-hybridized carbons (Fsp3) is 0.650. The van der Waals surface area contributed by atoms with Crippen molar-refractivity contribution in [3.05, 3.63) is 35.9 Å². The van der Waals surface area contributed by atoms with Gasteiger partial charge in [0, 0.05) is 26.2 Å². The van der Waals surface area contributed by atoms with Crippen molar-refractivity contribution >= 4 is 5.91 Å². The molecule has 4 nitrogen and oxygen atoms in total. The van der Waals surface area contributed by atoms with Crippen LogP contribution in [0.5, 0.6) is 0 Å². The molecule has 0 bridgehead atoms. The lowest BCUT2D eigenvalue weighted by Gasteiger charge is -2.39. The molecule has 2 saturated heterocycles. The van der Waals surface area contributed by atoms with Crippen molar-refractivity contribution in [2.45, 2.75) is 32.0 Å². The Morgan fingerprint density at radius 1 is 1.26 bits per heavy atom. The smallest absolute Gasteiger partial charge is 0.342 e. The fourth-order valence-corrected chi connectivity index (χ4v) is 4.40. The van der Waals surface area contributed by atoms with Crippen LogP contribution < -0.4 is 5.32 Å². The summed E-state index contributed by atoms with van der Waals surface area (Å²) in [6, 6.07) is 9.45. The Morgan fingerprint density at radius 3 is 2.67 bits per heavy atom. The molecule has 7 heteroatoms. The summed E-state index contributed by atoms with van der Waals surface area (Å²) in [6.45, 7) is 2.04. The van der Waals surface area contributed by atoms with Crippen LogP contribution in [0.15, 0.2) is 30.3 Å². The zero-order chi connectivity index (χ0) is 19.5. The molecule has 1 aromatic carbocycles. The summed E-state index contributed by atoms with van der Waals surface area (Å²) in [5, 5.41) is 3.07. The molecule has 2 aliphatic heterocycles. The van der Waals surface area contributed by atoms with Crippen molar-refractivity contribution in [3.63, 3.8) is 0 Å². The zero-order valence-electron chi connectivity index (χ0n) is 15.8. The van der Waals surface area contributed by atoms with Gasteiger partial charge in [0.2, 0.25) is 5.91 Å². The van der Waals surface area contributed by atoms with Gasteiger partial charge in [-0.3, -0.25) is 9.69 Å². The maximum absolute atomic E-state index is 14.1. The Hall–Kier alpha value is -1.60. The van der Waals surface area contributed by atoms with Crippen LogP contribution in [-0.2, 0) is 11.3 Å². The molecule has 1 amide bonds. The fourth-order valence-electron chi connectivity index (χ4n) is 4.40. The number of alkyl halides is 3. The van der Waals surface area contributed by atoms with Gasteiger partial charge in [0.05, 0.1) is 0 Å². The number of halogens is 3. The molecule has 150 valence electrons. The Labute approximate surface area is 158 Å². The lowest BCUT2D eigenvalue weighted by atomic mass is 9.83. The number of benzene rings is 1. The molecule has 2 fully saturated rings. The molecule has 2 atom stereocenters. The monoisotopic (exact) mass is 383 g/mol. The second-order valence-corrected chi connectivity index (χ2v) is 7.84. The van der Waals surface area contributed by atoms with Crippen LogP contribution in [0.2, 0.25) is 0 Å². The van der Waals surface area contributed by atoms with E-state index in [0.29, 0.717) is 19.6 Å². The highest BCUT2D eigenvalue weighted by atomic mass is 19.4. The van der Waals surface area contributed by atoms with Gasteiger partial charge < -0.3 is 10.2 Å². The van der Waals surface area contributed by atoms with Crippen LogP contribution in [0.3, 0.4) is 0 Å². The molecule has 2 unspecified atom stereocenters. The molecule has 0 aromatic heterocycles. The van der Waals surface area contributed by atoms with Gasteiger partial charge in [-0.2, -0.15) is 13.2 Å². The topological polar surface area (TPSA) is 35.6 Å². The molecule has 2 aliphatic rings. The number of carbonyl (C=O) groups excluding carboxylic acids is 1. The molecule has 27 heavy (non-hydrogen) atoms. The number of nitrogens with zero attached hydrogens (tertiary/aromatic N) is 2. The van der Waals surface area contributed by atoms with Crippen molar-refractivity contribution < 1.29 is 18.0 Å². The van der Waals surface area contributed by atoms with E-state index in [-0.39, 0.29) is 25.4 Å². The number of likely N-dealkylation sites (tertiary alicyclic amines) is 2. The van der Waals surface area contributed by atoms with Gasteiger partial charge in [-0.1, -0.05) is 30.3 Å². The third-order valence-electron chi connectivity index (χ3n) is 5.85. The second kappa shape index (κ2) is 8.19. The SMILES string of the molecule is CNCC1CCCN(C(=O)C2(C(F)(F)F)CCN(Cc3ccccc3)C2)C1. The quantitative estimate of drug-likeness (QED) is 0.849. The highest BCUT2D eigenvalue weighted by Crippen LogP contribution is 2.47. The highest BCUT2D eigenvalue weighted by Gasteiger charge is 2.64. The Bertz CT molecular complexity index is 635. The Balaban J connectivity index is 1.75. The van der Waals surface area contributed by atoms with Crippen LogP contribution in [0.1, 0.15) is 24.8 Å². The summed E-state index contributed by atoms with van der Waals surface area (Å²) in [5.41, 5.74) is -1.31. The third-order valence-corrected chi connectivity index (χ3v) is 5.85. The number of rotatable bonds is 5. The van der Waals surface area contributed by atoms with Crippen molar-refractivity contribution in [2.75, 3.05) is 39.8 Å². The van der Waals surface area contributed by atoms with Crippen molar-refractivity contribution in [1.82, 2.24) is 15.1 Å². The van der Waals surface area contributed by atoms with Crippen LogP contribution in [0.25, 0.3) is 0 Å². The van der Waals surface area contributed by atoms with E-state index < -0.39 is 17.5 Å². The minimum absolute atomic E-state index is 0.157. The summed E-state index contributed by atoms with van der Waals surface area (Å²) in [7, 11) is 1.83. The van der Waals surface area contributed by atoms with Gasteiger partial charge in [0.1, 0.15) is 0 Å². The molecule has 3 rings (SSSR count). The highest BCUT2D eigenvalue weighted by molar-refractivity contribution is 5.84. The minimum atomic E-state index is -4.54. The van der Waals surface area contributed by atoms with Gasteiger partial charge in [-0.05, 0) is 50.9 Å². The van der Waals surface area contributed by atoms with E-state index in [9.17, 15) is 18.0 Å². The Kier molecular flexibility index (Phi) is 6.11. The van der Waals surface area contributed by atoms with Gasteiger partial charge in [-0.25, -0.2) is 0 Å². The summed E-state index contributed by atoms with van der Waals surface area (Å²) in [5.74, 6) is -0.508. The molecule has 0 radical (unpaired) electrons. The van der Waals surface area contributed by atoms with Crippen LogP contribution in [0.4, 0.5) is 13.2 Å². The molecule has 0 spiro atoms. The molecule has 1 aromatic rings. The van der Waals surface area contributed by atoms with Crippen molar-refractivity contribution in [2.24, 2.45) is 11.3 Å². The van der Waals surface area contributed by atoms with E-state index in [1.165, 1.54) is 4.90 Å². The standard InChI is InChI=1S/C20H28F3N3O/c1-24-12-17-8-5-10-26(14-17)18(27)19(20(21,22)23)9-11-25(15-19)13-16-6-3-2-4-7-16/h2-4,6-7,17,24H,5,8-15H2,1H3. The average Bonchev–Trinajstić information content (AvgIpc) is 3.07. The minimum Gasteiger partial charge on any atom is -0.342 e. The van der Waals surface area contributed by atoms with Gasteiger partial charge in [0.25, 0.3) is 0 Å². The normalized spacial score (nSPS) is 27.1. The first-order chi connectivity index (χ1) is 12.9. The van der Waals surface area contributed by atoms with E-state index in [4.69, 9.17) is 0 Å². The van der Waals surface area contributed by atoms with Crippen LogP contribution in [0, 0.1) is 11.3 Å². The number of amides is 1. The van der Waals surface area contributed by atoms with E-state index in [0.717, 1.165) is 24.9 Å². The zero-order valence-corrected chi connectivity index (χ0v) is 15.8. The summed E-state index contributed by atoms with van der Waals surface area (Å²) < 4.78 is 42.3. The lowest BCUT2D eigenvalue weighted by molar-refractivity contribution is -0.224. The Morgan fingerprint density at radius 2 is 2.00 bits per heavy atom. The van der Waals surface area contributed by atoms with E-state index in [1.54, 1.807) is 4.90 Å². The first-order valence-corrected chi connectivity index (χ1v) is 9.63. The van der Waals surface area contributed by atoms with E-state index >= 15 is 0 Å². The molecule has 1 N–H and O–H groups in total. The maximum Gasteiger partial charge on any atom is 0.404 e.